The molecule has 4 rings (SSSR count). The number of rotatable bonds is 4. The zero-order valence-electron chi connectivity index (χ0n) is 15.2. The number of halogens is 1. The zero-order chi connectivity index (χ0) is 20.9. The van der Waals surface area contributed by atoms with Crippen LogP contribution < -0.4 is 16.8 Å². The largest absolute Gasteiger partial charge is 0.493 e. The molecule has 1 aromatic carbocycles. The highest BCUT2D eigenvalue weighted by Gasteiger charge is 2.51. The summed E-state index contributed by atoms with van der Waals surface area (Å²) in [7, 11) is 0. The van der Waals surface area contributed by atoms with Gasteiger partial charge in [0.1, 0.15) is 23.1 Å². The monoisotopic (exact) mass is 397 g/mol. The van der Waals surface area contributed by atoms with Crippen molar-refractivity contribution in [1.82, 2.24) is 19.7 Å². The smallest absolute Gasteiger partial charge is 0.245 e. The number of anilines is 2. The van der Waals surface area contributed by atoms with Gasteiger partial charge >= 0.3 is 0 Å². The first-order valence-corrected chi connectivity index (χ1v) is 8.51. The number of benzene rings is 1. The number of nitrogens with two attached hydrogens (primary N) is 2. The van der Waals surface area contributed by atoms with E-state index in [9.17, 15) is 19.1 Å². The maximum atomic E-state index is 13.9. The van der Waals surface area contributed by atoms with Gasteiger partial charge in [0, 0.05) is 11.6 Å². The molecule has 1 atom stereocenters. The summed E-state index contributed by atoms with van der Waals surface area (Å²) in [6, 6.07) is 7.39. The third-order valence-corrected chi connectivity index (χ3v) is 4.88. The summed E-state index contributed by atoms with van der Waals surface area (Å²) >= 11 is 0. The molecule has 0 fully saturated rings. The van der Waals surface area contributed by atoms with Gasteiger partial charge in [0.25, 0.3) is 0 Å². The van der Waals surface area contributed by atoms with Crippen LogP contribution >= 0.6 is 0 Å². The van der Waals surface area contributed by atoms with Gasteiger partial charge in [0.15, 0.2) is 11.2 Å². The third-order valence-electron chi connectivity index (χ3n) is 4.88. The fourth-order valence-corrected chi connectivity index (χ4v) is 3.18. The highest BCUT2D eigenvalue weighted by molar-refractivity contribution is 6.20. The Morgan fingerprint density at radius 1 is 1.34 bits per heavy atom. The number of hydrogen-bond acceptors (Lipinski definition) is 7. The first kappa shape index (κ1) is 18.3. The van der Waals surface area contributed by atoms with Crippen LogP contribution in [0.1, 0.15) is 18.1 Å². The minimum atomic E-state index is -1.69. The number of primary amides is 1. The number of aromatic hydroxyl groups is 1. The molecule has 3 heterocycles. The van der Waals surface area contributed by atoms with Crippen molar-refractivity contribution in [2.45, 2.75) is 18.9 Å². The molecule has 2 amide bonds. The standard InChI is InChI=1S/C18H16FN7O3/c1-18(16(21)28)12-13(20)22-14(23-15(12)24-17(18)29)10-6-11(27)26(25-10)7-8-4-2-3-5-9(8)19/h2-6,27H,7H2,1H3,(H2,21,28)(H3,20,22,23,24,29)/t18-/m0/s1. The summed E-state index contributed by atoms with van der Waals surface area (Å²) in [5, 5.41) is 16.8. The minimum absolute atomic E-state index is 0.0119. The summed E-state index contributed by atoms with van der Waals surface area (Å²) in [5.74, 6) is -2.28. The zero-order valence-corrected chi connectivity index (χ0v) is 15.2. The fourth-order valence-electron chi connectivity index (χ4n) is 3.18. The van der Waals surface area contributed by atoms with Crippen LogP contribution in [-0.2, 0) is 21.5 Å². The van der Waals surface area contributed by atoms with Crippen LogP contribution in [0.3, 0.4) is 0 Å². The number of nitrogen functional groups attached to an aromatic ring is 1. The van der Waals surface area contributed by atoms with E-state index in [4.69, 9.17) is 11.5 Å². The Morgan fingerprint density at radius 2 is 2.07 bits per heavy atom. The van der Waals surface area contributed by atoms with Gasteiger partial charge in [0.2, 0.25) is 17.7 Å². The first-order chi connectivity index (χ1) is 13.7. The van der Waals surface area contributed by atoms with Gasteiger partial charge in [-0.3, -0.25) is 9.59 Å². The van der Waals surface area contributed by atoms with E-state index in [1.165, 1.54) is 23.7 Å². The minimum Gasteiger partial charge on any atom is -0.493 e. The molecular weight excluding hydrogens is 381 g/mol. The molecule has 11 heteroatoms. The second kappa shape index (κ2) is 6.26. The summed E-state index contributed by atoms with van der Waals surface area (Å²) in [6.07, 6.45) is 0. The first-order valence-electron chi connectivity index (χ1n) is 8.51. The Morgan fingerprint density at radius 3 is 2.76 bits per heavy atom. The number of carbonyl (C=O) groups excluding carboxylic acids is 2. The van der Waals surface area contributed by atoms with E-state index in [0.29, 0.717) is 5.56 Å². The van der Waals surface area contributed by atoms with Crippen LogP contribution in [0.5, 0.6) is 5.88 Å². The molecule has 148 valence electrons. The van der Waals surface area contributed by atoms with E-state index in [2.05, 4.69) is 20.4 Å². The van der Waals surface area contributed by atoms with Gasteiger partial charge in [-0.05, 0) is 13.0 Å². The lowest BCUT2D eigenvalue weighted by molar-refractivity contribution is -0.131. The van der Waals surface area contributed by atoms with Crippen molar-refractivity contribution in [2.75, 3.05) is 11.1 Å². The number of aromatic nitrogens is 4. The van der Waals surface area contributed by atoms with E-state index in [1.807, 2.05) is 0 Å². The molecule has 0 saturated heterocycles. The summed E-state index contributed by atoms with van der Waals surface area (Å²) in [4.78, 5) is 32.4. The average molecular weight is 397 g/mol. The molecule has 10 nitrogen and oxygen atoms in total. The van der Waals surface area contributed by atoms with E-state index in [1.54, 1.807) is 18.2 Å². The molecule has 0 saturated carbocycles. The van der Waals surface area contributed by atoms with E-state index in [-0.39, 0.29) is 41.1 Å². The van der Waals surface area contributed by atoms with Crippen molar-refractivity contribution in [3.8, 4) is 17.4 Å². The van der Waals surface area contributed by atoms with Crippen molar-refractivity contribution in [2.24, 2.45) is 5.73 Å². The van der Waals surface area contributed by atoms with Gasteiger partial charge in [0.05, 0.1) is 12.1 Å². The lowest BCUT2D eigenvalue weighted by atomic mass is 9.84. The lowest BCUT2D eigenvalue weighted by Gasteiger charge is -2.18. The maximum Gasteiger partial charge on any atom is 0.245 e. The molecule has 0 aliphatic carbocycles. The summed E-state index contributed by atoms with van der Waals surface area (Å²) in [5.41, 5.74) is 10.2. The number of carbonyl (C=O) groups is 2. The maximum absolute atomic E-state index is 13.9. The number of fused-ring (bicyclic) bond motifs is 1. The molecule has 1 aliphatic heterocycles. The van der Waals surface area contributed by atoms with Gasteiger partial charge in [-0.25, -0.2) is 19.0 Å². The Balaban J connectivity index is 1.74. The second-order valence-corrected chi connectivity index (χ2v) is 6.74. The SMILES string of the molecule is C[C@]1(C(N)=O)C(=O)Nc2nc(-c3cc(O)n(Cc4ccccc4F)n3)nc(N)c21. The topological polar surface area (TPSA) is 162 Å². The normalized spacial score (nSPS) is 17.8. The van der Waals surface area contributed by atoms with Crippen molar-refractivity contribution in [3.63, 3.8) is 0 Å². The predicted molar refractivity (Wildman–Crippen MR) is 100 cm³/mol. The fraction of sp³-hybridized carbons (Fsp3) is 0.167. The molecule has 0 radical (unpaired) electrons. The predicted octanol–water partition coefficient (Wildman–Crippen LogP) is 0.510. The van der Waals surface area contributed by atoms with Gasteiger partial charge in [-0.1, -0.05) is 18.2 Å². The molecule has 29 heavy (non-hydrogen) atoms. The summed E-state index contributed by atoms with van der Waals surface area (Å²) < 4.78 is 15.0. The molecule has 6 N–H and O–H groups in total. The number of nitrogens with zero attached hydrogens (tertiary/aromatic N) is 4. The average Bonchev–Trinajstić information content (AvgIpc) is 3.15. The highest BCUT2D eigenvalue weighted by atomic mass is 19.1. The van der Waals surface area contributed by atoms with E-state index in [0.717, 1.165) is 0 Å². The quantitative estimate of drug-likeness (QED) is 0.466. The lowest BCUT2D eigenvalue weighted by Crippen LogP contribution is -2.44. The van der Waals surface area contributed by atoms with Crippen LogP contribution in [0.15, 0.2) is 30.3 Å². The molecule has 3 aromatic rings. The highest BCUT2D eigenvalue weighted by Crippen LogP contribution is 2.40. The number of amides is 2. The van der Waals surface area contributed by atoms with Crippen molar-refractivity contribution in [3.05, 3.63) is 47.3 Å². The van der Waals surface area contributed by atoms with Crippen molar-refractivity contribution in [1.29, 1.82) is 0 Å². The Labute approximate surface area is 163 Å². The molecule has 0 spiro atoms. The number of nitrogens with one attached hydrogen (secondary N) is 1. The van der Waals surface area contributed by atoms with Crippen LogP contribution in [-0.4, -0.2) is 36.7 Å². The Hall–Kier alpha value is -4.02. The second-order valence-electron chi connectivity index (χ2n) is 6.74. The summed E-state index contributed by atoms with van der Waals surface area (Å²) in [6.45, 7) is 1.32. The molecule has 0 unspecified atom stereocenters. The van der Waals surface area contributed by atoms with Gasteiger partial charge in [-0.2, -0.15) is 5.10 Å². The van der Waals surface area contributed by atoms with Crippen molar-refractivity contribution >= 4 is 23.5 Å². The molecule has 0 bridgehead atoms. The van der Waals surface area contributed by atoms with Crippen LogP contribution in [0.4, 0.5) is 16.0 Å². The van der Waals surface area contributed by atoms with E-state index >= 15 is 0 Å². The Kier molecular flexibility index (Phi) is 3.96. The van der Waals surface area contributed by atoms with Gasteiger partial charge in [-0.15, -0.1) is 0 Å². The van der Waals surface area contributed by atoms with Crippen LogP contribution in [0, 0.1) is 5.82 Å². The van der Waals surface area contributed by atoms with E-state index < -0.39 is 23.0 Å². The van der Waals surface area contributed by atoms with Gasteiger partial charge < -0.3 is 21.9 Å². The molecule has 2 aromatic heterocycles. The number of hydrogen-bond donors (Lipinski definition) is 4. The molecular formula is C18H16FN7O3. The third kappa shape index (κ3) is 2.74. The Bertz CT molecular complexity index is 1180. The molecule has 1 aliphatic rings. The van der Waals surface area contributed by atoms with Crippen molar-refractivity contribution < 1.29 is 19.1 Å². The van der Waals surface area contributed by atoms with Crippen LogP contribution in [0.2, 0.25) is 0 Å². The van der Waals surface area contributed by atoms with Crippen LogP contribution in [0.25, 0.3) is 11.5 Å².